The summed E-state index contributed by atoms with van der Waals surface area (Å²) in [6.45, 7) is 2.89. The normalized spacial score (nSPS) is 20.5. The maximum atomic E-state index is 5.21. The van der Waals surface area contributed by atoms with Gasteiger partial charge in [-0.3, -0.25) is 0 Å². The number of amidine groups is 1. The van der Waals surface area contributed by atoms with E-state index in [1.54, 1.807) is 0 Å². The van der Waals surface area contributed by atoms with E-state index in [9.17, 15) is 0 Å². The first-order valence-corrected chi connectivity index (χ1v) is 13.1. The number of para-hydroxylation sites is 2. The van der Waals surface area contributed by atoms with Crippen LogP contribution < -0.4 is 10.6 Å². The van der Waals surface area contributed by atoms with Gasteiger partial charge < -0.3 is 15.5 Å². The topological polar surface area (TPSA) is 52.5 Å². The van der Waals surface area contributed by atoms with Gasteiger partial charge in [0.25, 0.3) is 0 Å². The zero-order chi connectivity index (χ0) is 22.0. The molecule has 6 rings (SSSR count). The van der Waals surface area contributed by atoms with Crippen LogP contribution in [-0.4, -0.2) is 41.4 Å². The number of anilines is 2. The second-order valence-corrected chi connectivity index (χ2v) is 10.4. The lowest BCUT2D eigenvalue weighted by Gasteiger charge is -2.35. The minimum atomic E-state index is 0.449. The number of aromatic nitrogens is 1. The van der Waals surface area contributed by atoms with Crippen LogP contribution in [0.4, 0.5) is 16.4 Å². The van der Waals surface area contributed by atoms with Crippen LogP contribution in [0.2, 0.25) is 0 Å². The van der Waals surface area contributed by atoms with Gasteiger partial charge in [0.15, 0.2) is 5.84 Å². The summed E-state index contributed by atoms with van der Waals surface area (Å²) in [5.41, 5.74) is 4.52. The summed E-state index contributed by atoms with van der Waals surface area (Å²) in [5, 5.41) is 9.85. The Morgan fingerprint density at radius 3 is 2.70 bits per heavy atom. The molecule has 2 N–H and O–H groups in total. The van der Waals surface area contributed by atoms with Gasteiger partial charge in [-0.05, 0) is 43.4 Å². The number of aryl methyl sites for hydroxylation is 1. The van der Waals surface area contributed by atoms with E-state index in [4.69, 9.17) is 9.98 Å². The van der Waals surface area contributed by atoms with Crippen molar-refractivity contribution < 1.29 is 0 Å². The van der Waals surface area contributed by atoms with Gasteiger partial charge in [0.1, 0.15) is 10.7 Å². The van der Waals surface area contributed by atoms with Crippen LogP contribution in [0.5, 0.6) is 0 Å². The SMILES string of the molecule is c1ccc(CC[C@H]2CN(C3=Nc4ccccc4Nc4sc(C5CCCC5)nc43)CCN2)cc1. The molecule has 0 amide bonds. The van der Waals surface area contributed by atoms with Crippen molar-refractivity contribution in [1.82, 2.24) is 15.2 Å². The van der Waals surface area contributed by atoms with Gasteiger partial charge in [-0.2, -0.15) is 0 Å². The van der Waals surface area contributed by atoms with Gasteiger partial charge >= 0.3 is 0 Å². The summed E-state index contributed by atoms with van der Waals surface area (Å²) in [5.74, 6) is 1.65. The Bertz CT molecular complexity index is 1130. The van der Waals surface area contributed by atoms with Crippen molar-refractivity contribution >= 4 is 33.5 Å². The first-order chi connectivity index (χ1) is 16.3. The molecular formula is C27H31N5S. The smallest absolute Gasteiger partial charge is 0.158 e. The summed E-state index contributed by atoms with van der Waals surface area (Å²) in [4.78, 5) is 12.9. The van der Waals surface area contributed by atoms with Gasteiger partial charge in [0, 0.05) is 31.6 Å². The highest BCUT2D eigenvalue weighted by Crippen LogP contribution is 2.43. The lowest BCUT2D eigenvalue weighted by atomic mass is 10.0. The summed E-state index contributed by atoms with van der Waals surface area (Å²) in [6.07, 6.45) is 7.41. The van der Waals surface area contributed by atoms with Crippen molar-refractivity contribution in [3.05, 3.63) is 70.9 Å². The third-order valence-electron chi connectivity index (χ3n) is 7.12. The molecule has 2 aliphatic heterocycles. The molecule has 1 aromatic heterocycles. The summed E-state index contributed by atoms with van der Waals surface area (Å²) < 4.78 is 0. The van der Waals surface area contributed by atoms with Crippen molar-refractivity contribution in [2.75, 3.05) is 25.0 Å². The Labute approximate surface area is 200 Å². The predicted octanol–water partition coefficient (Wildman–Crippen LogP) is 5.84. The fraction of sp³-hybridized carbons (Fsp3) is 0.407. The molecule has 0 bridgehead atoms. The van der Waals surface area contributed by atoms with Crippen LogP contribution in [-0.2, 0) is 6.42 Å². The number of nitrogens with one attached hydrogen (secondary N) is 2. The van der Waals surface area contributed by atoms with Gasteiger partial charge in [-0.15, -0.1) is 11.3 Å². The van der Waals surface area contributed by atoms with Crippen LogP contribution in [0.1, 0.15) is 54.3 Å². The molecule has 0 spiro atoms. The van der Waals surface area contributed by atoms with E-state index >= 15 is 0 Å². The highest BCUT2D eigenvalue weighted by molar-refractivity contribution is 7.16. The molecule has 3 aliphatic rings. The average Bonchev–Trinajstić information content (AvgIpc) is 3.51. The first kappa shape index (κ1) is 20.9. The predicted molar refractivity (Wildman–Crippen MR) is 137 cm³/mol. The molecule has 170 valence electrons. The first-order valence-electron chi connectivity index (χ1n) is 12.3. The van der Waals surface area contributed by atoms with Crippen molar-refractivity contribution in [2.45, 2.75) is 50.5 Å². The average molecular weight is 458 g/mol. The van der Waals surface area contributed by atoms with Gasteiger partial charge in [-0.1, -0.05) is 55.3 Å². The molecule has 0 radical (unpaired) electrons. The molecule has 3 heterocycles. The third kappa shape index (κ3) is 4.42. The molecule has 2 fully saturated rings. The summed E-state index contributed by atoms with van der Waals surface area (Å²) in [6, 6.07) is 19.6. The summed E-state index contributed by atoms with van der Waals surface area (Å²) in [7, 11) is 0. The summed E-state index contributed by atoms with van der Waals surface area (Å²) >= 11 is 1.84. The maximum absolute atomic E-state index is 5.21. The van der Waals surface area contributed by atoms with E-state index in [2.05, 4.69) is 70.1 Å². The lowest BCUT2D eigenvalue weighted by Crippen LogP contribution is -2.53. The molecule has 5 nitrogen and oxygen atoms in total. The second kappa shape index (κ2) is 9.27. The molecule has 0 unspecified atom stereocenters. The van der Waals surface area contributed by atoms with Crippen LogP contribution in [0.25, 0.3) is 0 Å². The Kier molecular flexibility index (Phi) is 5.87. The lowest BCUT2D eigenvalue weighted by molar-refractivity contribution is 0.282. The third-order valence-corrected chi connectivity index (χ3v) is 8.25. The van der Waals surface area contributed by atoms with E-state index in [0.29, 0.717) is 12.0 Å². The molecule has 6 heteroatoms. The van der Waals surface area contributed by atoms with Gasteiger partial charge in [-0.25, -0.2) is 9.98 Å². The molecule has 1 saturated heterocycles. The number of thiazole rings is 1. The highest BCUT2D eigenvalue weighted by Gasteiger charge is 2.31. The number of piperazine rings is 1. The van der Waals surface area contributed by atoms with Crippen LogP contribution in [0, 0.1) is 0 Å². The van der Waals surface area contributed by atoms with E-state index in [0.717, 1.165) is 60.4 Å². The largest absolute Gasteiger partial charge is 0.352 e. The van der Waals surface area contributed by atoms with Crippen molar-refractivity contribution in [1.29, 1.82) is 0 Å². The number of aliphatic imine (C=N–C) groups is 1. The number of rotatable bonds is 4. The highest BCUT2D eigenvalue weighted by atomic mass is 32.1. The second-order valence-electron chi connectivity index (χ2n) is 9.41. The zero-order valence-electron chi connectivity index (χ0n) is 19.0. The van der Waals surface area contributed by atoms with E-state index in [1.807, 2.05) is 11.3 Å². The molecular weight excluding hydrogens is 426 g/mol. The van der Waals surface area contributed by atoms with E-state index in [1.165, 1.54) is 36.3 Å². The Balaban J connectivity index is 1.29. The van der Waals surface area contributed by atoms with Gasteiger partial charge in [0.2, 0.25) is 0 Å². The van der Waals surface area contributed by atoms with Crippen molar-refractivity contribution in [2.24, 2.45) is 4.99 Å². The van der Waals surface area contributed by atoms with E-state index in [-0.39, 0.29) is 0 Å². The standard InChI is InChI=1S/C27H31N5S/c1-2-8-19(9-3-1)14-15-21-18-32(17-16-28-21)25-24-27(30-23-13-7-6-12-22(23)29-25)33-26(31-24)20-10-4-5-11-20/h1-3,6-9,12-13,20-21,28,30H,4-5,10-11,14-18H2/t21-/m0/s1. The minimum absolute atomic E-state index is 0.449. The molecule has 1 atom stereocenters. The van der Waals surface area contributed by atoms with E-state index < -0.39 is 0 Å². The van der Waals surface area contributed by atoms with Crippen LogP contribution >= 0.6 is 11.3 Å². The monoisotopic (exact) mass is 457 g/mol. The van der Waals surface area contributed by atoms with Crippen molar-refractivity contribution in [3.8, 4) is 0 Å². The number of hydrogen-bond acceptors (Lipinski definition) is 6. The van der Waals surface area contributed by atoms with Crippen LogP contribution in [0.15, 0.2) is 59.6 Å². The Hall–Kier alpha value is -2.70. The molecule has 1 aliphatic carbocycles. The number of fused-ring (bicyclic) bond motifs is 2. The molecule has 1 saturated carbocycles. The van der Waals surface area contributed by atoms with Gasteiger partial charge in [0.05, 0.1) is 16.4 Å². The number of hydrogen-bond donors (Lipinski definition) is 2. The maximum Gasteiger partial charge on any atom is 0.158 e. The number of benzene rings is 2. The fourth-order valence-corrected chi connectivity index (χ4v) is 6.45. The molecule has 3 aromatic rings. The quantitative estimate of drug-likeness (QED) is 0.517. The minimum Gasteiger partial charge on any atom is -0.352 e. The number of nitrogens with zero attached hydrogens (tertiary/aromatic N) is 3. The molecule has 2 aromatic carbocycles. The fourth-order valence-electron chi connectivity index (χ4n) is 5.30. The Morgan fingerprint density at radius 1 is 1.00 bits per heavy atom. The molecule has 33 heavy (non-hydrogen) atoms. The Morgan fingerprint density at radius 2 is 1.82 bits per heavy atom. The zero-order valence-corrected chi connectivity index (χ0v) is 19.8. The van der Waals surface area contributed by atoms with Crippen LogP contribution in [0.3, 0.4) is 0 Å². The van der Waals surface area contributed by atoms with Crippen molar-refractivity contribution in [3.63, 3.8) is 0 Å².